The third kappa shape index (κ3) is 3.58. The summed E-state index contributed by atoms with van der Waals surface area (Å²) in [5, 5.41) is 5.01. The van der Waals surface area contributed by atoms with E-state index in [1.54, 1.807) is 56.9 Å². The van der Waals surface area contributed by atoms with Crippen LogP contribution in [0.4, 0.5) is 5.13 Å². The first-order valence-corrected chi connectivity index (χ1v) is 8.33. The van der Waals surface area contributed by atoms with Crippen molar-refractivity contribution in [3.05, 3.63) is 52.9 Å². The van der Waals surface area contributed by atoms with Gasteiger partial charge in [0.1, 0.15) is 11.4 Å². The fraction of sp³-hybridized carbons (Fsp3) is 0.176. The van der Waals surface area contributed by atoms with Gasteiger partial charge < -0.3 is 9.32 Å². The molecule has 0 fully saturated rings. The molecule has 0 aliphatic carbocycles. The highest BCUT2D eigenvalue weighted by Gasteiger charge is 2.16. The maximum atomic E-state index is 12.4. The van der Waals surface area contributed by atoms with Crippen LogP contribution in [0.2, 0.25) is 0 Å². The number of pyridine rings is 1. The maximum Gasteiger partial charge on any atom is 0.271 e. The lowest BCUT2D eigenvalue weighted by atomic mass is 10.1. The first-order valence-electron chi connectivity index (χ1n) is 7.46. The predicted molar refractivity (Wildman–Crippen MR) is 94.8 cm³/mol. The number of aryl methyl sites for hydroxylation is 1. The van der Waals surface area contributed by atoms with Crippen molar-refractivity contribution in [2.24, 2.45) is 0 Å². The molecule has 0 aromatic carbocycles. The molecule has 3 aromatic rings. The average molecular weight is 356 g/mol. The highest BCUT2D eigenvalue weighted by atomic mass is 32.1. The van der Waals surface area contributed by atoms with Gasteiger partial charge >= 0.3 is 0 Å². The number of rotatable bonds is 4. The Morgan fingerprint density at radius 3 is 2.64 bits per heavy atom. The summed E-state index contributed by atoms with van der Waals surface area (Å²) in [7, 11) is 3.30. The Hall–Kier alpha value is -3.00. The minimum atomic E-state index is -0.325. The number of anilines is 1. The summed E-state index contributed by atoms with van der Waals surface area (Å²) in [5.41, 5.74) is 1.83. The third-order valence-corrected chi connectivity index (χ3v) is 4.21. The number of carbonyl (C=O) groups is 2. The number of hydrogen-bond donors (Lipinski definition) is 1. The molecule has 0 aliphatic heterocycles. The van der Waals surface area contributed by atoms with Crippen LogP contribution >= 0.6 is 11.3 Å². The second-order valence-electron chi connectivity index (χ2n) is 5.50. The monoisotopic (exact) mass is 356 g/mol. The second kappa shape index (κ2) is 6.86. The molecule has 0 saturated carbocycles. The fourth-order valence-electron chi connectivity index (χ4n) is 2.18. The molecular formula is C17H16N4O3S. The Morgan fingerprint density at radius 2 is 2.00 bits per heavy atom. The molecule has 0 aliphatic rings. The minimum Gasteiger partial charge on any atom is -0.463 e. The van der Waals surface area contributed by atoms with E-state index in [2.05, 4.69) is 15.3 Å². The first kappa shape index (κ1) is 16.8. The summed E-state index contributed by atoms with van der Waals surface area (Å²) in [5.74, 6) is 0.105. The van der Waals surface area contributed by atoms with E-state index in [4.69, 9.17) is 4.42 Å². The van der Waals surface area contributed by atoms with Crippen LogP contribution in [0.1, 0.15) is 26.5 Å². The normalized spacial score (nSPS) is 10.5. The lowest BCUT2D eigenvalue weighted by Crippen LogP contribution is -2.23. The standard InChI is InChI=1S/C17H16N4O3S/c1-10-11(6-7-12(18-10)16(23)21(2)3)15(22)20-17-19-13(9-25-17)14-5-4-8-24-14/h4-9H,1-3H3,(H,19,20,22). The number of amides is 2. The molecule has 0 spiro atoms. The number of furan rings is 1. The summed E-state index contributed by atoms with van der Waals surface area (Å²) in [6.07, 6.45) is 1.57. The van der Waals surface area contributed by atoms with Gasteiger partial charge in [-0.1, -0.05) is 0 Å². The second-order valence-corrected chi connectivity index (χ2v) is 6.36. The molecule has 8 heteroatoms. The van der Waals surface area contributed by atoms with E-state index in [9.17, 15) is 9.59 Å². The van der Waals surface area contributed by atoms with Gasteiger partial charge in [0.2, 0.25) is 0 Å². The van der Waals surface area contributed by atoms with E-state index in [0.717, 1.165) is 0 Å². The van der Waals surface area contributed by atoms with E-state index < -0.39 is 0 Å². The van der Waals surface area contributed by atoms with E-state index >= 15 is 0 Å². The molecule has 0 radical (unpaired) electrons. The van der Waals surface area contributed by atoms with Crippen LogP contribution in [0.5, 0.6) is 0 Å². The van der Waals surface area contributed by atoms with Crippen molar-refractivity contribution in [2.45, 2.75) is 6.92 Å². The smallest absolute Gasteiger partial charge is 0.271 e. The molecule has 0 saturated heterocycles. The molecule has 3 aromatic heterocycles. The van der Waals surface area contributed by atoms with Gasteiger partial charge in [-0.2, -0.15) is 0 Å². The Bertz CT molecular complexity index is 916. The van der Waals surface area contributed by atoms with Crippen molar-refractivity contribution in [3.8, 4) is 11.5 Å². The largest absolute Gasteiger partial charge is 0.463 e. The predicted octanol–water partition coefficient (Wildman–Crippen LogP) is 3.06. The van der Waals surface area contributed by atoms with Gasteiger partial charge in [0.25, 0.3) is 11.8 Å². The zero-order chi connectivity index (χ0) is 18.0. The minimum absolute atomic E-state index is 0.210. The Balaban J connectivity index is 1.76. The Kier molecular flexibility index (Phi) is 4.62. The molecule has 1 N–H and O–H groups in total. The SMILES string of the molecule is Cc1nc(C(=O)N(C)C)ccc1C(=O)Nc1nc(-c2ccco2)cs1. The van der Waals surface area contributed by atoms with Crippen LogP contribution in [0.3, 0.4) is 0 Å². The zero-order valence-electron chi connectivity index (χ0n) is 13.9. The molecule has 0 atom stereocenters. The highest BCUT2D eigenvalue weighted by molar-refractivity contribution is 7.14. The van der Waals surface area contributed by atoms with Gasteiger partial charge in [0.05, 0.1) is 17.5 Å². The van der Waals surface area contributed by atoms with Gasteiger partial charge in [0, 0.05) is 19.5 Å². The first-order chi connectivity index (χ1) is 12.0. The van der Waals surface area contributed by atoms with Crippen LogP contribution < -0.4 is 5.32 Å². The quantitative estimate of drug-likeness (QED) is 0.776. The number of nitrogens with one attached hydrogen (secondary N) is 1. The molecule has 7 nitrogen and oxygen atoms in total. The van der Waals surface area contributed by atoms with Crippen molar-refractivity contribution in [3.63, 3.8) is 0 Å². The molecule has 128 valence electrons. The summed E-state index contributed by atoms with van der Waals surface area (Å²) in [6.45, 7) is 1.69. The Labute approximate surface area is 148 Å². The van der Waals surface area contributed by atoms with Crippen LogP contribution in [0.15, 0.2) is 40.3 Å². The van der Waals surface area contributed by atoms with Crippen molar-refractivity contribution < 1.29 is 14.0 Å². The van der Waals surface area contributed by atoms with E-state index in [0.29, 0.717) is 33.5 Å². The van der Waals surface area contributed by atoms with Crippen LogP contribution in [-0.2, 0) is 0 Å². The van der Waals surface area contributed by atoms with E-state index in [1.807, 2.05) is 0 Å². The number of thiazole rings is 1. The molecule has 2 amide bonds. The number of nitrogens with zero attached hydrogens (tertiary/aromatic N) is 3. The zero-order valence-corrected chi connectivity index (χ0v) is 14.8. The summed E-state index contributed by atoms with van der Waals surface area (Å²) >= 11 is 1.30. The van der Waals surface area contributed by atoms with Crippen LogP contribution in [-0.4, -0.2) is 40.8 Å². The van der Waals surface area contributed by atoms with Gasteiger partial charge in [-0.25, -0.2) is 9.97 Å². The molecule has 0 unspecified atom stereocenters. The van der Waals surface area contributed by atoms with Crippen molar-refractivity contribution >= 4 is 28.3 Å². The Morgan fingerprint density at radius 1 is 1.20 bits per heavy atom. The summed E-state index contributed by atoms with van der Waals surface area (Å²) in [6, 6.07) is 6.71. The van der Waals surface area contributed by atoms with Crippen molar-refractivity contribution in [2.75, 3.05) is 19.4 Å². The topological polar surface area (TPSA) is 88.3 Å². The average Bonchev–Trinajstić information content (AvgIpc) is 3.24. The van der Waals surface area contributed by atoms with Gasteiger partial charge in [-0.3, -0.25) is 14.9 Å². The highest BCUT2D eigenvalue weighted by Crippen LogP contribution is 2.25. The van der Waals surface area contributed by atoms with Gasteiger partial charge in [0.15, 0.2) is 10.9 Å². The molecule has 0 bridgehead atoms. The number of carbonyl (C=O) groups excluding carboxylic acids is 2. The molecule has 25 heavy (non-hydrogen) atoms. The lowest BCUT2D eigenvalue weighted by Gasteiger charge is -2.11. The van der Waals surface area contributed by atoms with Crippen molar-refractivity contribution in [1.82, 2.24) is 14.9 Å². The van der Waals surface area contributed by atoms with Crippen LogP contribution in [0, 0.1) is 6.92 Å². The van der Waals surface area contributed by atoms with Gasteiger partial charge in [-0.15, -0.1) is 11.3 Å². The van der Waals surface area contributed by atoms with Crippen molar-refractivity contribution in [1.29, 1.82) is 0 Å². The third-order valence-electron chi connectivity index (χ3n) is 3.45. The summed E-state index contributed by atoms with van der Waals surface area (Å²) in [4.78, 5) is 34.4. The number of aromatic nitrogens is 2. The molecule has 3 rings (SSSR count). The maximum absolute atomic E-state index is 12.4. The van der Waals surface area contributed by atoms with Gasteiger partial charge in [-0.05, 0) is 31.2 Å². The lowest BCUT2D eigenvalue weighted by molar-refractivity contribution is 0.0821. The number of hydrogen-bond acceptors (Lipinski definition) is 6. The molecule has 3 heterocycles. The molecular weight excluding hydrogens is 340 g/mol. The summed E-state index contributed by atoms with van der Waals surface area (Å²) < 4.78 is 5.28. The van der Waals surface area contributed by atoms with E-state index in [1.165, 1.54) is 16.2 Å². The fourth-order valence-corrected chi connectivity index (χ4v) is 2.88. The van der Waals surface area contributed by atoms with Crippen LogP contribution in [0.25, 0.3) is 11.5 Å². The van der Waals surface area contributed by atoms with E-state index in [-0.39, 0.29) is 11.8 Å².